The molecule has 1 aromatic heterocycles. The Hall–Kier alpha value is -2.43. The van der Waals surface area contributed by atoms with Crippen molar-refractivity contribution in [2.24, 2.45) is 0 Å². The number of aryl methyl sites for hydroxylation is 1. The van der Waals surface area contributed by atoms with Crippen molar-refractivity contribution < 1.29 is 4.79 Å². The van der Waals surface area contributed by atoms with Gasteiger partial charge in [0, 0.05) is 31.7 Å². The van der Waals surface area contributed by atoms with E-state index in [0.717, 1.165) is 30.6 Å². The standard InChI is InChI=1S/C17H22N4O/c1-4-5-10-21(3)17-18-11-14(12-19-17)16(22)20-15-9-7-6-8-13(15)2/h6-9,11-12H,4-5,10H2,1-3H3,(H,20,22). The number of unbranched alkanes of at least 4 members (excludes halogenated alkanes) is 1. The number of nitrogens with one attached hydrogen (secondary N) is 1. The van der Waals surface area contributed by atoms with Crippen molar-refractivity contribution >= 4 is 17.5 Å². The summed E-state index contributed by atoms with van der Waals surface area (Å²) in [4.78, 5) is 22.7. The molecule has 0 saturated carbocycles. The van der Waals surface area contributed by atoms with Gasteiger partial charge in [-0.05, 0) is 25.0 Å². The monoisotopic (exact) mass is 298 g/mol. The number of carbonyl (C=O) groups excluding carboxylic acids is 1. The number of hydrogen-bond acceptors (Lipinski definition) is 4. The Morgan fingerprint density at radius 2 is 1.91 bits per heavy atom. The van der Waals surface area contributed by atoms with E-state index in [4.69, 9.17) is 0 Å². The maximum Gasteiger partial charge on any atom is 0.258 e. The van der Waals surface area contributed by atoms with Crippen LogP contribution in [-0.4, -0.2) is 29.5 Å². The van der Waals surface area contributed by atoms with E-state index in [2.05, 4.69) is 22.2 Å². The summed E-state index contributed by atoms with van der Waals surface area (Å²) in [6, 6.07) is 7.67. The summed E-state index contributed by atoms with van der Waals surface area (Å²) >= 11 is 0. The van der Waals surface area contributed by atoms with E-state index in [-0.39, 0.29) is 5.91 Å². The van der Waals surface area contributed by atoms with Crippen molar-refractivity contribution in [3.63, 3.8) is 0 Å². The summed E-state index contributed by atoms with van der Waals surface area (Å²) in [6.07, 6.45) is 5.35. The third-order valence-corrected chi connectivity index (χ3v) is 3.48. The molecule has 0 bridgehead atoms. The maximum atomic E-state index is 12.2. The molecule has 0 unspecified atom stereocenters. The molecule has 5 heteroatoms. The van der Waals surface area contributed by atoms with E-state index in [1.165, 1.54) is 0 Å². The molecule has 0 aliphatic heterocycles. The number of benzene rings is 1. The van der Waals surface area contributed by atoms with Crippen LogP contribution in [0.5, 0.6) is 0 Å². The molecule has 2 aromatic rings. The van der Waals surface area contributed by atoms with Crippen LogP contribution in [0, 0.1) is 6.92 Å². The zero-order chi connectivity index (χ0) is 15.9. The SMILES string of the molecule is CCCCN(C)c1ncc(C(=O)Nc2ccccc2C)cn1. The number of rotatable bonds is 6. The Bertz CT molecular complexity index is 625. The van der Waals surface area contributed by atoms with E-state index < -0.39 is 0 Å². The molecule has 1 N–H and O–H groups in total. The summed E-state index contributed by atoms with van der Waals surface area (Å²) in [5.41, 5.74) is 2.28. The molecule has 1 amide bonds. The fraction of sp³-hybridized carbons (Fsp3) is 0.353. The average molecular weight is 298 g/mol. The molecule has 0 atom stereocenters. The van der Waals surface area contributed by atoms with Gasteiger partial charge in [-0.25, -0.2) is 9.97 Å². The van der Waals surface area contributed by atoms with Crippen LogP contribution in [0.15, 0.2) is 36.7 Å². The summed E-state index contributed by atoms with van der Waals surface area (Å²) in [5, 5.41) is 2.88. The van der Waals surface area contributed by atoms with Gasteiger partial charge in [-0.2, -0.15) is 0 Å². The van der Waals surface area contributed by atoms with Crippen LogP contribution < -0.4 is 10.2 Å². The number of amides is 1. The summed E-state index contributed by atoms with van der Waals surface area (Å²) < 4.78 is 0. The molecule has 0 fully saturated rings. The van der Waals surface area contributed by atoms with Crippen molar-refractivity contribution in [3.8, 4) is 0 Å². The Morgan fingerprint density at radius 1 is 1.23 bits per heavy atom. The maximum absolute atomic E-state index is 12.2. The van der Waals surface area contributed by atoms with Crippen molar-refractivity contribution in [1.82, 2.24) is 9.97 Å². The topological polar surface area (TPSA) is 58.1 Å². The van der Waals surface area contributed by atoms with Gasteiger partial charge in [-0.1, -0.05) is 31.5 Å². The molecular formula is C17H22N4O. The van der Waals surface area contributed by atoms with Crippen LogP contribution in [0.1, 0.15) is 35.7 Å². The van der Waals surface area contributed by atoms with Crippen LogP contribution in [0.3, 0.4) is 0 Å². The Balaban J connectivity index is 2.04. The van der Waals surface area contributed by atoms with Gasteiger partial charge in [0.05, 0.1) is 5.56 Å². The van der Waals surface area contributed by atoms with Gasteiger partial charge >= 0.3 is 0 Å². The minimum atomic E-state index is -0.197. The third-order valence-electron chi connectivity index (χ3n) is 3.48. The van der Waals surface area contributed by atoms with Crippen LogP contribution in [0.2, 0.25) is 0 Å². The smallest absolute Gasteiger partial charge is 0.258 e. The van der Waals surface area contributed by atoms with E-state index >= 15 is 0 Å². The molecule has 0 radical (unpaired) electrons. The predicted molar refractivity (Wildman–Crippen MR) is 89.3 cm³/mol. The quantitative estimate of drug-likeness (QED) is 0.889. The molecule has 116 valence electrons. The summed E-state index contributed by atoms with van der Waals surface area (Å²) in [5.74, 6) is 0.443. The molecule has 0 saturated heterocycles. The van der Waals surface area contributed by atoms with Gasteiger partial charge in [-0.3, -0.25) is 4.79 Å². The van der Waals surface area contributed by atoms with E-state index in [1.54, 1.807) is 12.4 Å². The van der Waals surface area contributed by atoms with Gasteiger partial charge in [0.1, 0.15) is 0 Å². The van der Waals surface area contributed by atoms with Crippen LogP contribution in [-0.2, 0) is 0 Å². The first kappa shape index (κ1) is 15.9. The number of para-hydroxylation sites is 1. The second-order valence-electron chi connectivity index (χ2n) is 5.32. The van der Waals surface area contributed by atoms with Crippen molar-refractivity contribution in [2.75, 3.05) is 23.8 Å². The second kappa shape index (κ2) is 7.54. The Morgan fingerprint density at radius 3 is 2.55 bits per heavy atom. The van der Waals surface area contributed by atoms with Gasteiger partial charge in [-0.15, -0.1) is 0 Å². The Kier molecular flexibility index (Phi) is 5.47. The fourth-order valence-corrected chi connectivity index (χ4v) is 2.04. The zero-order valence-electron chi connectivity index (χ0n) is 13.3. The molecule has 0 spiro atoms. The lowest BCUT2D eigenvalue weighted by Gasteiger charge is -2.16. The molecule has 1 aromatic carbocycles. The highest BCUT2D eigenvalue weighted by molar-refractivity contribution is 6.04. The zero-order valence-corrected chi connectivity index (χ0v) is 13.3. The molecule has 22 heavy (non-hydrogen) atoms. The largest absolute Gasteiger partial charge is 0.344 e. The van der Waals surface area contributed by atoms with Crippen LogP contribution in [0.4, 0.5) is 11.6 Å². The van der Waals surface area contributed by atoms with Crippen molar-refractivity contribution in [3.05, 3.63) is 47.8 Å². The first-order valence-corrected chi connectivity index (χ1v) is 7.52. The van der Waals surface area contributed by atoms with Crippen molar-refractivity contribution in [2.45, 2.75) is 26.7 Å². The van der Waals surface area contributed by atoms with E-state index in [9.17, 15) is 4.79 Å². The lowest BCUT2D eigenvalue weighted by Crippen LogP contribution is -2.21. The summed E-state index contributed by atoms with van der Waals surface area (Å²) in [6.45, 7) is 5.01. The van der Waals surface area contributed by atoms with Gasteiger partial charge in [0.15, 0.2) is 0 Å². The predicted octanol–water partition coefficient (Wildman–Crippen LogP) is 3.27. The molecule has 2 rings (SSSR count). The van der Waals surface area contributed by atoms with Crippen molar-refractivity contribution in [1.29, 1.82) is 0 Å². The lowest BCUT2D eigenvalue weighted by atomic mass is 10.2. The molecule has 5 nitrogen and oxygen atoms in total. The second-order valence-corrected chi connectivity index (χ2v) is 5.32. The highest BCUT2D eigenvalue weighted by Crippen LogP contribution is 2.14. The third kappa shape index (κ3) is 4.04. The highest BCUT2D eigenvalue weighted by Gasteiger charge is 2.10. The summed E-state index contributed by atoms with van der Waals surface area (Å²) in [7, 11) is 1.96. The van der Waals surface area contributed by atoms with E-state index in [0.29, 0.717) is 11.5 Å². The number of hydrogen-bond donors (Lipinski definition) is 1. The van der Waals surface area contributed by atoms with Crippen LogP contribution in [0.25, 0.3) is 0 Å². The lowest BCUT2D eigenvalue weighted by molar-refractivity contribution is 0.102. The van der Waals surface area contributed by atoms with Gasteiger partial charge in [0.2, 0.25) is 5.95 Å². The molecule has 0 aliphatic rings. The first-order chi connectivity index (χ1) is 10.6. The number of carbonyl (C=O) groups is 1. The van der Waals surface area contributed by atoms with Gasteiger partial charge < -0.3 is 10.2 Å². The number of nitrogens with zero attached hydrogens (tertiary/aromatic N) is 3. The first-order valence-electron chi connectivity index (χ1n) is 7.52. The number of aromatic nitrogens is 2. The molecular weight excluding hydrogens is 276 g/mol. The van der Waals surface area contributed by atoms with Gasteiger partial charge in [0.25, 0.3) is 5.91 Å². The highest BCUT2D eigenvalue weighted by atomic mass is 16.1. The average Bonchev–Trinajstić information content (AvgIpc) is 2.55. The minimum absolute atomic E-state index is 0.197. The van der Waals surface area contributed by atoms with E-state index in [1.807, 2.05) is 43.1 Å². The van der Waals surface area contributed by atoms with Crippen LogP contribution >= 0.6 is 0 Å². The number of anilines is 2. The normalized spacial score (nSPS) is 10.3. The molecule has 1 heterocycles. The fourth-order valence-electron chi connectivity index (χ4n) is 2.04. The minimum Gasteiger partial charge on any atom is -0.344 e. The Labute approximate surface area is 131 Å². The molecule has 0 aliphatic carbocycles.